The first kappa shape index (κ1) is 18.4. The largest absolute Gasteiger partial charge is 0.369 e. The average molecular weight is 390 g/mol. The minimum atomic E-state index is 0.776. The number of nitrogens with one attached hydrogen (secondary N) is 2. The zero-order valence-electron chi connectivity index (χ0n) is 16.1. The highest BCUT2D eigenvalue weighted by molar-refractivity contribution is 7.13. The first-order chi connectivity index (χ1) is 13.7. The standard InChI is InChI=1S/C22H23N5S/c1-15-18(13-17-7-4-3-5-8-17)22(27-16(2)26-15)23-11-10-19-21(25-14-24-19)20-9-6-12-28-20/h3-9,12,14H,10-11,13H2,1-2H3,(H,24,25)(H,23,26,27). The van der Waals surface area contributed by atoms with E-state index in [2.05, 4.69) is 74.0 Å². The van der Waals surface area contributed by atoms with E-state index in [1.165, 1.54) is 10.4 Å². The number of imidazole rings is 1. The van der Waals surface area contributed by atoms with E-state index in [0.29, 0.717) is 0 Å². The van der Waals surface area contributed by atoms with Gasteiger partial charge in [-0.15, -0.1) is 11.3 Å². The average Bonchev–Trinajstić information content (AvgIpc) is 3.36. The SMILES string of the molecule is Cc1nc(C)c(Cc2ccccc2)c(NCCc2[nH]cnc2-c2cccs2)n1. The molecule has 0 unspecified atom stereocenters. The predicted octanol–water partition coefficient (Wildman–Crippen LogP) is 4.79. The molecular formula is C22H23N5S. The summed E-state index contributed by atoms with van der Waals surface area (Å²) >= 11 is 1.71. The molecule has 0 fully saturated rings. The van der Waals surface area contributed by atoms with Crippen LogP contribution >= 0.6 is 11.3 Å². The molecule has 0 atom stereocenters. The third kappa shape index (κ3) is 4.12. The Labute approximate surface area is 168 Å². The molecule has 0 saturated heterocycles. The molecule has 0 saturated carbocycles. The van der Waals surface area contributed by atoms with E-state index >= 15 is 0 Å². The first-order valence-electron chi connectivity index (χ1n) is 9.38. The molecule has 3 aromatic heterocycles. The molecule has 0 aliphatic heterocycles. The lowest BCUT2D eigenvalue weighted by Gasteiger charge is -2.14. The highest BCUT2D eigenvalue weighted by atomic mass is 32.1. The van der Waals surface area contributed by atoms with Gasteiger partial charge in [0.2, 0.25) is 0 Å². The monoisotopic (exact) mass is 389 g/mol. The third-order valence-corrected chi connectivity index (χ3v) is 5.57. The zero-order chi connectivity index (χ0) is 19.3. The van der Waals surface area contributed by atoms with E-state index in [1.807, 2.05) is 13.0 Å². The fourth-order valence-electron chi connectivity index (χ4n) is 3.34. The minimum absolute atomic E-state index is 0.776. The Hall–Kier alpha value is -2.99. The maximum Gasteiger partial charge on any atom is 0.133 e. The summed E-state index contributed by atoms with van der Waals surface area (Å²) in [6, 6.07) is 14.6. The molecule has 0 amide bonds. The van der Waals surface area contributed by atoms with Crippen LogP contribution in [0.4, 0.5) is 5.82 Å². The van der Waals surface area contributed by atoms with E-state index in [9.17, 15) is 0 Å². The molecule has 28 heavy (non-hydrogen) atoms. The smallest absolute Gasteiger partial charge is 0.133 e. The van der Waals surface area contributed by atoms with E-state index < -0.39 is 0 Å². The van der Waals surface area contributed by atoms with Gasteiger partial charge in [0, 0.05) is 36.3 Å². The molecule has 0 radical (unpaired) electrons. The number of anilines is 1. The number of nitrogens with zero attached hydrogens (tertiary/aromatic N) is 3. The summed E-state index contributed by atoms with van der Waals surface area (Å²) in [5, 5.41) is 5.61. The van der Waals surface area contributed by atoms with E-state index in [0.717, 1.165) is 53.7 Å². The number of hydrogen-bond donors (Lipinski definition) is 2. The quantitative estimate of drug-likeness (QED) is 0.477. The van der Waals surface area contributed by atoms with Crippen molar-refractivity contribution in [2.45, 2.75) is 26.7 Å². The molecule has 4 rings (SSSR count). The van der Waals surface area contributed by atoms with Gasteiger partial charge in [-0.25, -0.2) is 15.0 Å². The molecule has 3 heterocycles. The van der Waals surface area contributed by atoms with Crippen molar-refractivity contribution in [2.24, 2.45) is 0 Å². The Morgan fingerprint density at radius 3 is 2.68 bits per heavy atom. The summed E-state index contributed by atoms with van der Waals surface area (Å²) in [6.07, 6.45) is 3.43. The summed E-state index contributed by atoms with van der Waals surface area (Å²) in [5.74, 6) is 1.71. The number of hydrogen-bond acceptors (Lipinski definition) is 5. The highest BCUT2D eigenvalue weighted by Crippen LogP contribution is 2.26. The van der Waals surface area contributed by atoms with Gasteiger partial charge in [0.1, 0.15) is 17.3 Å². The second-order valence-corrected chi connectivity index (χ2v) is 7.68. The summed E-state index contributed by atoms with van der Waals surface area (Å²) in [7, 11) is 0. The zero-order valence-corrected chi connectivity index (χ0v) is 16.9. The summed E-state index contributed by atoms with van der Waals surface area (Å²) < 4.78 is 0. The number of rotatable bonds is 7. The van der Waals surface area contributed by atoms with Crippen LogP contribution in [0, 0.1) is 13.8 Å². The van der Waals surface area contributed by atoms with Gasteiger partial charge in [0.25, 0.3) is 0 Å². The Bertz CT molecular complexity index is 1040. The number of H-pyrrole nitrogens is 1. The maximum absolute atomic E-state index is 4.68. The lowest BCUT2D eigenvalue weighted by molar-refractivity contribution is 0.922. The minimum Gasteiger partial charge on any atom is -0.369 e. The molecule has 0 aliphatic carbocycles. The fourth-order valence-corrected chi connectivity index (χ4v) is 4.09. The second-order valence-electron chi connectivity index (χ2n) is 6.73. The van der Waals surface area contributed by atoms with Crippen molar-refractivity contribution >= 4 is 17.2 Å². The van der Waals surface area contributed by atoms with Gasteiger partial charge in [-0.1, -0.05) is 36.4 Å². The van der Waals surface area contributed by atoms with Gasteiger partial charge in [-0.3, -0.25) is 0 Å². The molecular weight excluding hydrogens is 366 g/mol. The number of aromatic amines is 1. The van der Waals surface area contributed by atoms with Crippen molar-refractivity contribution in [1.29, 1.82) is 0 Å². The second kappa shape index (κ2) is 8.35. The molecule has 0 aliphatic rings. The topological polar surface area (TPSA) is 66.5 Å². The molecule has 142 valence electrons. The molecule has 4 aromatic rings. The Kier molecular flexibility index (Phi) is 5.48. The lowest BCUT2D eigenvalue weighted by Crippen LogP contribution is -2.12. The normalized spacial score (nSPS) is 10.9. The van der Waals surface area contributed by atoms with Crippen molar-refractivity contribution in [2.75, 3.05) is 11.9 Å². The van der Waals surface area contributed by atoms with Gasteiger partial charge in [-0.05, 0) is 30.9 Å². The Morgan fingerprint density at radius 2 is 1.89 bits per heavy atom. The van der Waals surface area contributed by atoms with Crippen LogP contribution in [0.2, 0.25) is 0 Å². The van der Waals surface area contributed by atoms with E-state index in [1.54, 1.807) is 17.7 Å². The lowest BCUT2D eigenvalue weighted by atomic mass is 10.0. The predicted molar refractivity (Wildman–Crippen MR) is 115 cm³/mol. The summed E-state index contributed by atoms with van der Waals surface area (Å²) in [6.45, 7) is 4.77. The van der Waals surface area contributed by atoms with Crippen LogP contribution in [-0.4, -0.2) is 26.5 Å². The molecule has 0 spiro atoms. The van der Waals surface area contributed by atoms with Crippen molar-refractivity contribution in [3.8, 4) is 10.6 Å². The Morgan fingerprint density at radius 1 is 1.04 bits per heavy atom. The molecule has 0 bridgehead atoms. The van der Waals surface area contributed by atoms with Crippen LogP contribution in [0.25, 0.3) is 10.6 Å². The van der Waals surface area contributed by atoms with Gasteiger partial charge >= 0.3 is 0 Å². The van der Waals surface area contributed by atoms with Crippen molar-refractivity contribution < 1.29 is 0 Å². The maximum atomic E-state index is 4.68. The number of aryl methyl sites for hydroxylation is 2. The van der Waals surface area contributed by atoms with Crippen molar-refractivity contribution in [1.82, 2.24) is 19.9 Å². The summed E-state index contributed by atoms with van der Waals surface area (Å²) in [5.41, 5.74) is 5.62. The van der Waals surface area contributed by atoms with Crippen LogP contribution in [-0.2, 0) is 12.8 Å². The molecule has 2 N–H and O–H groups in total. The number of thiophene rings is 1. The van der Waals surface area contributed by atoms with Gasteiger partial charge in [-0.2, -0.15) is 0 Å². The van der Waals surface area contributed by atoms with Crippen LogP contribution < -0.4 is 5.32 Å². The highest BCUT2D eigenvalue weighted by Gasteiger charge is 2.13. The molecule has 5 nitrogen and oxygen atoms in total. The van der Waals surface area contributed by atoms with E-state index in [-0.39, 0.29) is 0 Å². The van der Waals surface area contributed by atoms with Gasteiger partial charge in [0.15, 0.2) is 0 Å². The third-order valence-electron chi connectivity index (χ3n) is 4.69. The summed E-state index contributed by atoms with van der Waals surface area (Å²) in [4.78, 5) is 18.2. The number of benzene rings is 1. The van der Waals surface area contributed by atoms with Crippen LogP contribution in [0.3, 0.4) is 0 Å². The van der Waals surface area contributed by atoms with Crippen molar-refractivity contribution in [3.05, 3.63) is 82.5 Å². The molecule has 1 aromatic carbocycles. The van der Waals surface area contributed by atoms with Crippen LogP contribution in [0.15, 0.2) is 54.2 Å². The van der Waals surface area contributed by atoms with Crippen molar-refractivity contribution in [3.63, 3.8) is 0 Å². The Balaban J connectivity index is 1.50. The van der Waals surface area contributed by atoms with Crippen LogP contribution in [0.1, 0.15) is 28.3 Å². The van der Waals surface area contributed by atoms with Gasteiger partial charge in [0.05, 0.1) is 11.2 Å². The van der Waals surface area contributed by atoms with Crippen LogP contribution in [0.5, 0.6) is 0 Å². The number of aromatic nitrogens is 4. The van der Waals surface area contributed by atoms with Gasteiger partial charge < -0.3 is 10.3 Å². The van der Waals surface area contributed by atoms with E-state index in [4.69, 9.17) is 0 Å². The fraction of sp³-hybridized carbons (Fsp3) is 0.227. The molecule has 6 heteroatoms. The first-order valence-corrected chi connectivity index (χ1v) is 10.3.